The Morgan fingerprint density at radius 1 is 0.900 bits per heavy atom. The van der Waals surface area contributed by atoms with Gasteiger partial charge >= 0.3 is 5.97 Å². The Kier molecular flexibility index (Phi) is 6.89. The van der Waals surface area contributed by atoms with Crippen LogP contribution in [0.5, 0.6) is 0 Å². The number of benzene rings is 2. The Morgan fingerprint density at radius 3 is 2.23 bits per heavy atom. The molecule has 1 unspecified atom stereocenters. The number of nitrogens with one attached hydrogen (secondary N) is 2. The van der Waals surface area contributed by atoms with Crippen LogP contribution in [0.25, 0.3) is 0 Å². The summed E-state index contributed by atoms with van der Waals surface area (Å²) in [5.41, 5.74) is 1.44. The second kappa shape index (κ2) is 9.97. The van der Waals surface area contributed by atoms with Gasteiger partial charge in [0, 0.05) is 11.8 Å². The highest BCUT2D eigenvalue weighted by Gasteiger charge is 2.18. The van der Waals surface area contributed by atoms with E-state index in [0.29, 0.717) is 16.8 Å². The summed E-state index contributed by atoms with van der Waals surface area (Å²) in [6.07, 6.45) is 2.44. The second-order valence-corrected chi connectivity index (χ2v) is 6.57. The summed E-state index contributed by atoms with van der Waals surface area (Å²) < 4.78 is 6.85. The number of carbonyl (C=O) groups excluding carboxylic acids is 3. The minimum absolute atomic E-state index is 0.0502. The predicted molar refractivity (Wildman–Crippen MR) is 110 cm³/mol. The molecule has 1 aromatic heterocycles. The number of anilines is 1. The van der Waals surface area contributed by atoms with Crippen LogP contribution in [0.1, 0.15) is 27.6 Å². The molecule has 0 saturated heterocycles. The van der Waals surface area contributed by atoms with Gasteiger partial charge in [0.1, 0.15) is 5.56 Å². The number of amides is 2. The van der Waals surface area contributed by atoms with E-state index in [1.807, 2.05) is 18.2 Å². The first-order valence-corrected chi connectivity index (χ1v) is 9.42. The third-order valence-corrected chi connectivity index (χ3v) is 4.13. The van der Waals surface area contributed by atoms with E-state index in [9.17, 15) is 14.4 Å². The van der Waals surface area contributed by atoms with Crippen LogP contribution in [0.3, 0.4) is 0 Å². The zero-order valence-electron chi connectivity index (χ0n) is 16.4. The topological polar surface area (TPSA) is 88.4 Å². The van der Waals surface area contributed by atoms with Crippen LogP contribution in [0.15, 0.2) is 85.2 Å². The third-order valence-electron chi connectivity index (χ3n) is 4.13. The molecular weight excluding hydrogens is 382 g/mol. The number of ether oxygens (including phenoxy) is 1. The van der Waals surface area contributed by atoms with Crippen molar-refractivity contribution in [2.24, 2.45) is 0 Å². The van der Waals surface area contributed by atoms with E-state index in [-0.39, 0.29) is 12.5 Å². The van der Waals surface area contributed by atoms with Gasteiger partial charge in [0.25, 0.3) is 11.8 Å². The van der Waals surface area contributed by atoms with Gasteiger partial charge in [0.05, 0.1) is 5.56 Å². The summed E-state index contributed by atoms with van der Waals surface area (Å²) in [7, 11) is 0. The first kappa shape index (κ1) is 20.7. The molecule has 0 radical (unpaired) electrons. The zero-order valence-corrected chi connectivity index (χ0v) is 16.4. The molecule has 30 heavy (non-hydrogen) atoms. The van der Waals surface area contributed by atoms with Crippen molar-refractivity contribution in [3.8, 4) is 0 Å². The van der Waals surface area contributed by atoms with E-state index in [1.165, 1.54) is 0 Å². The molecule has 7 heteroatoms. The predicted octanol–water partition coefficient (Wildman–Crippen LogP) is 2.55. The SMILES string of the molecule is CC(NC(=O)c1ccc[n+](CC(=O)Nc2ccccc2)c1)OC(=O)c1ccccc1. The molecule has 0 bridgehead atoms. The van der Waals surface area contributed by atoms with E-state index in [1.54, 1.807) is 78.5 Å². The number of esters is 1. The van der Waals surface area contributed by atoms with Crippen LogP contribution < -0.4 is 15.2 Å². The fraction of sp³-hybridized carbons (Fsp3) is 0.130. The second-order valence-electron chi connectivity index (χ2n) is 6.57. The van der Waals surface area contributed by atoms with Gasteiger partial charge in [-0.2, -0.15) is 4.57 Å². The fourth-order valence-corrected chi connectivity index (χ4v) is 2.74. The number of hydrogen-bond donors (Lipinski definition) is 2. The maximum Gasteiger partial charge on any atom is 0.340 e. The molecule has 0 aliphatic heterocycles. The normalized spacial score (nSPS) is 11.2. The lowest BCUT2D eigenvalue weighted by molar-refractivity contribution is -0.684. The standard InChI is InChI=1S/C23H21N3O4/c1-17(30-23(29)18-9-4-2-5-10-18)24-22(28)19-11-8-14-26(15-19)16-21(27)25-20-12-6-3-7-13-20/h2-15,17H,16H2,1H3,(H-,24,25,27,28)/p+1. The van der Waals surface area contributed by atoms with Gasteiger partial charge in [0.2, 0.25) is 6.54 Å². The van der Waals surface area contributed by atoms with Gasteiger partial charge < -0.3 is 15.4 Å². The maximum atomic E-state index is 12.5. The van der Waals surface area contributed by atoms with Gasteiger partial charge in [-0.1, -0.05) is 36.4 Å². The number of hydrogen-bond acceptors (Lipinski definition) is 4. The van der Waals surface area contributed by atoms with Gasteiger partial charge in [0.15, 0.2) is 18.6 Å². The van der Waals surface area contributed by atoms with Gasteiger partial charge in [-0.3, -0.25) is 9.59 Å². The highest BCUT2D eigenvalue weighted by Crippen LogP contribution is 2.05. The molecule has 0 fully saturated rings. The lowest BCUT2D eigenvalue weighted by atomic mass is 10.2. The van der Waals surface area contributed by atoms with E-state index in [2.05, 4.69) is 10.6 Å². The number of nitrogens with zero attached hydrogens (tertiary/aromatic N) is 1. The van der Waals surface area contributed by atoms with Crippen LogP contribution in [-0.4, -0.2) is 24.0 Å². The Bertz CT molecular complexity index is 1020. The van der Waals surface area contributed by atoms with Crippen molar-refractivity contribution in [1.29, 1.82) is 0 Å². The largest absolute Gasteiger partial charge is 0.438 e. The number of carbonyl (C=O) groups is 3. The van der Waals surface area contributed by atoms with Crippen molar-refractivity contribution in [3.05, 3.63) is 96.3 Å². The average Bonchev–Trinajstić information content (AvgIpc) is 2.75. The minimum atomic E-state index is -0.819. The lowest BCUT2D eigenvalue weighted by Crippen LogP contribution is -2.42. The Morgan fingerprint density at radius 2 is 1.53 bits per heavy atom. The quantitative estimate of drug-likeness (QED) is 0.360. The van der Waals surface area contributed by atoms with E-state index in [4.69, 9.17) is 4.74 Å². The van der Waals surface area contributed by atoms with E-state index in [0.717, 1.165) is 0 Å². The number of rotatable bonds is 7. The van der Waals surface area contributed by atoms with Crippen LogP contribution in [0.4, 0.5) is 5.69 Å². The first-order valence-electron chi connectivity index (χ1n) is 9.42. The van der Waals surface area contributed by atoms with Crippen LogP contribution in [0, 0.1) is 0 Å². The maximum absolute atomic E-state index is 12.5. The van der Waals surface area contributed by atoms with Gasteiger partial charge in [-0.15, -0.1) is 0 Å². The number of para-hydroxylation sites is 1. The Hall–Kier alpha value is -4.00. The summed E-state index contributed by atoms with van der Waals surface area (Å²) in [6, 6.07) is 20.9. The van der Waals surface area contributed by atoms with Crippen LogP contribution in [-0.2, 0) is 16.1 Å². The molecular formula is C23H22N3O4+. The van der Waals surface area contributed by atoms with E-state index >= 15 is 0 Å². The van der Waals surface area contributed by atoms with Crippen molar-refractivity contribution in [1.82, 2.24) is 5.32 Å². The number of aromatic nitrogens is 1. The van der Waals surface area contributed by atoms with Crippen LogP contribution in [0.2, 0.25) is 0 Å². The summed E-state index contributed by atoms with van der Waals surface area (Å²) >= 11 is 0. The molecule has 2 amide bonds. The van der Waals surface area contributed by atoms with Gasteiger partial charge in [-0.05, 0) is 37.3 Å². The molecule has 0 aliphatic carbocycles. The fourth-order valence-electron chi connectivity index (χ4n) is 2.74. The van der Waals surface area contributed by atoms with Crippen molar-refractivity contribution in [3.63, 3.8) is 0 Å². The third kappa shape index (κ3) is 6.00. The van der Waals surface area contributed by atoms with Crippen molar-refractivity contribution < 1.29 is 23.7 Å². The van der Waals surface area contributed by atoms with Crippen molar-refractivity contribution >= 4 is 23.5 Å². The average molecular weight is 404 g/mol. The molecule has 0 spiro atoms. The highest BCUT2D eigenvalue weighted by atomic mass is 16.6. The number of pyridine rings is 1. The summed E-state index contributed by atoms with van der Waals surface area (Å²) in [5.74, 6) is -1.15. The molecule has 2 aromatic carbocycles. The molecule has 0 saturated carbocycles. The lowest BCUT2D eigenvalue weighted by Gasteiger charge is -2.14. The molecule has 0 aliphatic rings. The molecule has 7 nitrogen and oxygen atoms in total. The first-order chi connectivity index (χ1) is 14.5. The molecule has 3 rings (SSSR count). The smallest absolute Gasteiger partial charge is 0.340 e. The Balaban J connectivity index is 1.56. The van der Waals surface area contributed by atoms with Gasteiger partial charge in [-0.25, -0.2) is 4.79 Å². The van der Waals surface area contributed by atoms with E-state index < -0.39 is 18.1 Å². The summed E-state index contributed by atoms with van der Waals surface area (Å²) in [5, 5.41) is 5.41. The monoisotopic (exact) mass is 404 g/mol. The Labute approximate surface area is 174 Å². The van der Waals surface area contributed by atoms with Crippen molar-refractivity contribution in [2.45, 2.75) is 19.7 Å². The molecule has 2 N–H and O–H groups in total. The summed E-state index contributed by atoms with van der Waals surface area (Å²) in [6.45, 7) is 1.62. The zero-order chi connectivity index (χ0) is 21.3. The molecule has 152 valence electrons. The van der Waals surface area contributed by atoms with Crippen LogP contribution >= 0.6 is 0 Å². The molecule has 1 atom stereocenters. The summed E-state index contributed by atoms with van der Waals surface area (Å²) in [4.78, 5) is 36.8. The highest BCUT2D eigenvalue weighted by molar-refractivity contribution is 5.94. The minimum Gasteiger partial charge on any atom is -0.438 e. The molecule has 1 heterocycles. The molecule has 3 aromatic rings. The van der Waals surface area contributed by atoms with Crippen molar-refractivity contribution in [2.75, 3.05) is 5.32 Å².